The van der Waals surface area contributed by atoms with Gasteiger partial charge in [0.1, 0.15) is 0 Å². The van der Waals surface area contributed by atoms with E-state index in [0.29, 0.717) is 28.5 Å². The third kappa shape index (κ3) is 3.22. The molecule has 1 heterocycles. The fraction of sp³-hybridized carbons (Fsp3) is 0.211. The van der Waals surface area contributed by atoms with E-state index in [1.807, 2.05) is 18.2 Å². The molecule has 3 rings (SSSR count). The molecule has 0 amide bonds. The van der Waals surface area contributed by atoms with Crippen molar-refractivity contribution >= 4 is 32.8 Å². The number of aromatic nitrogens is 1. The number of aromatic amines is 1. The second-order valence-electron chi connectivity index (χ2n) is 5.65. The maximum Gasteiger partial charge on any atom is 0.307 e. The molecule has 0 unspecified atom stereocenters. The highest BCUT2D eigenvalue weighted by atomic mass is 79.9. The van der Waals surface area contributed by atoms with Gasteiger partial charge in [0.15, 0.2) is 11.5 Å². The molecule has 0 spiro atoms. The number of hydrogen-bond acceptors (Lipinski definition) is 4. The van der Waals surface area contributed by atoms with Crippen molar-refractivity contribution in [2.75, 3.05) is 21.3 Å². The van der Waals surface area contributed by atoms with Crippen molar-refractivity contribution in [1.82, 2.24) is 4.98 Å². The van der Waals surface area contributed by atoms with Crippen molar-refractivity contribution in [3.63, 3.8) is 0 Å². The Morgan fingerprint density at radius 2 is 1.73 bits per heavy atom. The predicted octanol–water partition coefficient (Wildman–Crippen LogP) is 4.25. The highest BCUT2D eigenvalue weighted by Gasteiger charge is 2.20. The minimum absolute atomic E-state index is 0.109. The number of fused-ring (bicyclic) bond motifs is 1. The minimum atomic E-state index is -0.903. The number of ether oxygens (including phenoxy) is 3. The quantitative estimate of drug-likeness (QED) is 0.623. The number of carbonyl (C=O) groups is 1. The first-order valence-corrected chi connectivity index (χ1v) is 8.60. The fourth-order valence-electron chi connectivity index (χ4n) is 3.03. The van der Waals surface area contributed by atoms with Gasteiger partial charge in [-0.25, -0.2) is 0 Å². The SMILES string of the molecule is COc1cc(-c2[nH]c3ccc(Br)cc3c2CC(=O)O)cc(OC)c1OC. The molecule has 0 radical (unpaired) electrons. The Morgan fingerprint density at radius 1 is 1.08 bits per heavy atom. The highest BCUT2D eigenvalue weighted by Crippen LogP contribution is 2.43. The van der Waals surface area contributed by atoms with E-state index in [4.69, 9.17) is 14.2 Å². The molecule has 3 aromatic rings. The van der Waals surface area contributed by atoms with E-state index in [0.717, 1.165) is 20.9 Å². The van der Waals surface area contributed by atoms with Gasteiger partial charge in [-0.05, 0) is 35.9 Å². The second-order valence-corrected chi connectivity index (χ2v) is 6.57. The van der Waals surface area contributed by atoms with Crippen molar-refractivity contribution in [3.8, 4) is 28.5 Å². The van der Waals surface area contributed by atoms with Gasteiger partial charge >= 0.3 is 5.97 Å². The Balaban J connectivity index is 2.29. The number of hydrogen-bond donors (Lipinski definition) is 2. The third-order valence-electron chi connectivity index (χ3n) is 4.15. The van der Waals surface area contributed by atoms with E-state index >= 15 is 0 Å². The van der Waals surface area contributed by atoms with Crippen LogP contribution in [-0.4, -0.2) is 37.4 Å². The van der Waals surface area contributed by atoms with Gasteiger partial charge in [-0.1, -0.05) is 15.9 Å². The molecule has 0 bridgehead atoms. The Bertz CT molecular complexity index is 954. The van der Waals surface area contributed by atoms with E-state index in [2.05, 4.69) is 20.9 Å². The molecule has 0 aliphatic carbocycles. The Hall–Kier alpha value is -2.67. The summed E-state index contributed by atoms with van der Waals surface area (Å²) >= 11 is 3.44. The van der Waals surface area contributed by atoms with Gasteiger partial charge < -0.3 is 24.3 Å². The Morgan fingerprint density at radius 3 is 2.27 bits per heavy atom. The Labute approximate surface area is 158 Å². The Kier molecular flexibility index (Phi) is 5.08. The normalized spacial score (nSPS) is 10.8. The fourth-order valence-corrected chi connectivity index (χ4v) is 3.39. The van der Waals surface area contributed by atoms with Crippen LogP contribution in [0.5, 0.6) is 17.2 Å². The number of H-pyrrole nitrogens is 1. The summed E-state index contributed by atoms with van der Waals surface area (Å²) < 4.78 is 17.1. The van der Waals surface area contributed by atoms with Crippen LogP contribution in [0.2, 0.25) is 0 Å². The van der Waals surface area contributed by atoms with Gasteiger partial charge in [-0.3, -0.25) is 4.79 Å². The van der Waals surface area contributed by atoms with Crippen LogP contribution in [0.15, 0.2) is 34.8 Å². The molecule has 0 aliphatic rings. The summed E-state index contributed by atoms with van der Waals surface area (Å²) in [4.78, 5) is 14.7. The molecule has 26 heavy (non-hydrogen) atoms. The topological polar surface area (TPSA) is 80.8 Å². The molecule has 0 aliphatic heterocycles. The molecule has 0 atom stereocenters. The number of halogens is 1. The van der Waals surface area contributed by atoms with Crippen LogP contribution in [0.3, 0.4) is 0 Å². The van der Waals surface area contributed by atoms with E-state index in [9.17, 15) is 9.90 Å². The number of methoxy groups -OCH3 is 3. The van der Waals surface area contributed by atoms with Crippen LogP contribution in [-0.2, 0) is 11.2 Å². The third-order valence-corrected chi connectivity index (χ3v) is 4.64. The zero-order valence-electron chi connectivity index (χ0n) is 14.6. The average molecular weight is 420 g/mol. The largest absolute Gasteiger partial charge is 0.493 e. The second kappa shape index (κ2) is 7.29. The summed E-state index contributed by atoms with van der Waals surface area (Å²) in [5.41, 5.74) is 3.01. The standard InChI is InChI=1S/C19H18BrNO5/c1-24-15-6-10(7-16(25-2)19(15)26-3)18-13(9-17(22)23)12-8-11(20)4-5-14(12)21-18/h4-8,21H,9H2,1-3H3,(H,22,23). The zero-order chi connectivity index (χ0) is 18.8. The summed E-state index contributed by atoms with van der Waals surface area (Å²) in [6.45, 7) is 0. The molecular formula is C19H18BrNO5. The first kappa shape index (κ1) is 18.1. The van der Waals surface area contributed by atoms with Gasteiger partial charge in [-0.2, -0.15) is 0 Å². The lowest BCUT2D eigenvalue weighted by Crippen LogP contribution is -2.01. The molecule has 6 nitrogen and oxygen atoms in total. The van der Waals surface area contributed by atoms with E-state index in [1.54, 1.807) is 26.4 Å². The first-order chi connectivity index (χ1) is 12.5. The first-order valence-electron chi connectivity index (χ1n) is 7.80. The monoisotopic (exact) mass is 419 g/mol. The van der Waals surface area contributed by atoms with E-state index in [-0.39, 0.29) is 6.42 Å². The number of carboxylic acid groups (broad SMARTS) is 1. The van der Waals surface area contributed by atoms with Gasteiger partial charge in [0.05, 0.1) is 33.4 Å². The summed E-state index contributed by atoms with van der Waals surface area (Å²) in [6, 6.07) is 9.32. The van der Waals surface area contributed by atoms with Gasteiger partial charge in [0, 0.05) is 20.9 Å². The molecule has 2 N–H and O–H groups in total. The van der Waals surface area contributed by atoms with Crippen LogP contribution >= 0.6 is 15.9 Å². The molecule has 0 fully saturated rings. The van der Waals surface area contributed by atoms with Gasteiger partial charge in [-0.15, -0.1) is 0 Å². The number of aliphatic carboxylic acids is 1. The molecule has 0 saturated carbocycles. The molecule has 2 aromatic carbocycles. The van der Waals surface area contributed by atoms with Crippen LogP contribution in [0, 0.1) is 0 Å². The smallest absolute Gasteiger partial charge is 0.307 e. The van der Waals surface area contributed by atoms with Crippen molar-refractivity contribution < 1.29 is 24.1 Å². The summed E-state index contributed by atoms with van der Waals surface area (Å²) in [5.74, 6) is 0.586. The van der Waals surface area contributed by atoms with E-state index < -0.39 is 5.97 Å². The maximum atomic E-state index is 11.4. The van der Waals surface area contributed by atoms with Crippen molar-refractivity contribution in [3.05, 3.63) is 40.4 Å². The van der Waals surface area contributed by atoms with Gasteiger partial charge in [0.25, 0.3) is 0 Å². The molecule has 7 heteroatoms. The number of benzene rings is 2. The van der Waals surface area contributed by atoms with Crippen LogP contribution < -0.4 is 14.2 Å². The highest BCUT2D eigenvalue weighted by molar-refractivity contribution is 9.10. The van der Waals surface area contributed by atoms with Crippen molar-refractivity contribution in [2.45, 2.75) is 6.42 Å². The number of nitrogens with one attached hydrogen (secondary N) is 1. The average Bonchev–Trinajstić information content (AvgIpc) is 2.97. The predicted molar refractivity (Wildman–Crippen MR) is 102 cm³/mol. The lowest BCUT2D eigenvalue weighted by atomic mass is 10.0. The lowest BCUT2D eigenvalue weighted by molar-refractivity contribution is -0.136. The zero-order valence-corrected chi connectivity index (χ0v) is 16.1. The van der Waals surface area contributed by atoms with Crippen molar-refractivity contribution in [2.24, 2.45) is 0 Å². The van der Waals surface area contributed by atoms with Crippen LogP contribution in [0.1, 0.15) is 5.56 Å². The van der Waals surface area contributed by atoms with Gasteiger partial charge in [0.2, 0.25) is 5.75 Å². The summed E-state index contributed by atoms with van der Waals surface area (Å²) in [7, 11) is 4.62. The van der Waals surface area contributed by atoms with Crippen molar-refractivity contribution in [1.29, 1.82) is 0 Å². The number of rotatable bonds is 6. The molecule has 0 saturated heterocycles. The minimum Gasteiger partial charge on any atom is -0.493 e. The molecule has 1 aromatic heterocycles. The van der Waals surface area contributed by atoms with Crippen LogP contribution in [0.4, 0.5) is 0 Å². The molecule has 136 valence electrons. The maximum absolute atomic E-state index is 11.4. The van der Waals surface area contributed by atoms with E-state index in [1.165, 1.54) is 7.11 Å². The lowest BCUT2D eigenvalue weighted by Gasteiger charge is -2.14. The molecular weight excluding hydrogens is 402 g/mol. The van der Waals surface area contributed by atoms with Crippen LogP contribution in [0.25, 0.3) is 22.2 Å². The summed E-state index contributed by atoms with van der Waals surface area (Å²) in [6.07, 6.45) is -0.109. The summed E-state index contributed by atoms with van der Waals surface area (Å²) in [5, 5.41) is 10.2. The number of carboxylic acids is 1.